The number of anilines is 1. The molecule has 7 nitrogen and oxygen atoms in total. The summed E-state index contributed by atoms with van der Waals surface area (Å²) in [7, 11) is -3.14. The molecule has 2 aromatic rings. The van der Waals surface area contributed by atoms with E-state index in [4.69, 9.17) is 9.15 Å². The van der Waals surface area contributed by atoms with Gasteiger partial charge < -0.3 is 9.15 Å². The van der Waals surface area contributed by atoms with Gasteiger partial charge in [-0.25, -0.2) is 21.9 Å². The molecule has 10 heteroatoms. The van der Waals surface area contributed by atoms with Crippen LogP contribution in [-0.4, -0.2) is 33.0 Å². The number of rotatable bonds is 5. The summed E-state index contributed by atoms with van der Waals surface area (Å²) >= 11 is 3.02. The van der Waals surface area contributed by atoms with Crippen molar-refractivity contribution in [2.45, 2.75) is 18.7 Å². The molecule has 2 rings (SSSR count). The van der Waals surface area contributed by atoms with Crippen molar-refractivity contribution < 1.29 is 26.8 Å². The Balaban J connectivity index is 2.47. The Labute approximate surface area is 146 Å². The second-order valence-electron chi connectivity index (χ2n) is 4.65. The molecule has 0 saturated heterocycles. The number of aromatic nitrogens is 1. The van der Waals surface area contributed by atoms with E-state index in [1.165, 1.54) is 19.1 Å². The Morgan fingerprint density at radius 3 is 2.71 bits per heavy atom. The quantitative estimate of drug-likeness (QED) is 0.690. The highest BCUT2D eigenvalue weighted by atomic mass is 79.9. The highest BCUT2D eigenvalue weighted by molar-refractivity contribution is 9.10. The third kappa shape index (κ3) is 3.29. The minimum atomic E-state index is -4.29. The molecule has 0 N–H and O–H groups in total. The maximum Gasteiger partial charge on any atom is 0.376 e. The van der Waals surface area contributed by atoms with Crippen molar-refractivity contribution in [2.75, 3.05) is 18.0 Å². The van der Waals surface area contributed by atoms with Crippen LogP contribution in [0.1, 0.15) is 23.2 Å². The second-order valence-corrected chi connectivity index (χ2v) is 7.42. The van der Waals surface area contributed by atoms with Crippen LogP contribution in [0.5, 0.6) is 0 Å². The van der Waals surface area contributed by atoms with Crippen molar-refractivity contribution in [1.82, 2.24) is 4.98 Å². The van der Waals surface area contributed by atoms with Gasteiger partial charge in [-0.15, -0.1) is 0 Å². The lowest BCUT2D eigenvalue weighted by molar-refractivity contribution is 0.0490. The molecule has 0 radical (unpaired) electrons. The first-order valence-corrected chi connectivity index (χ1v) is 9.01. The fraction of sp³-hybridized carbons (Fsp3) is 0.286. The molecule has 0 fully saturated rings. The van der Waals surface area contributed by atoms with Crippen molar-refractivity contribution in [3.05, 3.63) is 39.9 Å². The average Bonchev–Trinajstić information content (AvgIpc) is 2.88. The lowest BCUT2D eigenvalue weighted by Crippen LogP contribution is -2.28. The predicted molar refractivity (Wildman–Crippen MR) is 86.9 cm³/mol. The largest absolute Gasteiger partial charge is 0.460 e. The van der Waals surface area contributed by atoms with Crippen LogP contribution >= 0.6 is 15.9 Å². The Kier molecular flexibility index (Phi) is 5.29. The first-order chi connectivity index (χ1) is 11.2. The summed E-state index contributed by atoms with van der Waals surface area (Å²) in [5.74, 6) is -1.89. The van der Waals surface area contributed by atoms with Gasteiger partial charge in [0.25, 0.3) is 10.0 Å². The second kappa shape index (κ2) is 6.89. The Hall–Kier alpha value is -1.94. The molecule has 0 bridgehead atoms. The summed E-state index contributed by atoms with van der Waals surface area (Å²) < 4.78 is 50.0. The SMILES string of the molecule is CCOC(=O)c1oc(N(C)S(=O)(=O)c2c(F)cccc2Br)nc1C. The summed E-state index contributed by atoms with van der Waals surface area (Å²) in [6, 6.07) is 3.42. The zero-order valence-corrected chi connectivity index (χ0v) is 15.4. The van der Waals surface area contributed by atoms with E-state index in [-0.39, 0.29) is 28.5 Å². The highest BCUT2D eigenvalue weighted by Gasteiger charge is 2.31. The van der Waals surface area contributed by atoms with Gasteiger partial charge in [0.1, 0.15) is 10.7 Å². The molecule has 0 aliphatic carbocycles. The Bertz CT molecular complexity index is 861. The normalized spacial score (nSPS) is 11.4. The number of hydrogen-bond donors (Lipinski definition) is 0. The van der Waals surface area contributed by atoms with E-state index in [0.717, 1.165) is 13.1 Å². The van der Waals surface area contributed by atoms with Gasteiger partial charge in [-0.05, 0) is 41.9 Å². The van der Waals surface area contributed by atoms with E-state index < -0.39 is 26.7 Å². The number of sulfonamides is 1. The van der Waals surface area contributed by atoms with E-state index in [1.807, 2.05) is 0 Å². The molecule has 1 aromatic carbocycles. The molecule has 1 aromatic heterocycles. The van der Waals surface area contributed by atoms with Crippen LogP contribution in [0.25, 0.3) is 0 Å². The third-order valence-corrected chi connectivity index (χ3v) is 5.78. The zero-order valence-electron chi connectivity index (χ0n) is 13.0. The van der Waals surface area contributed by atoms with Crippen LogP contribution in [0, 0.1) is 12.7 Å². The maximum absolute atomic E-state index is 14.0. The number of carbonyl (C=O) groups is 1. The van der Waals surface area contributed by atoms with Gasteiger partial charge in [0.15, 0.2) is 0 Å². The number of carbonyl (C=O) groups excluding carboxylic acids is 1. The monoisotopic (exact) mass is 420 g/mol. The van der Waals surface area contributed by atoms with Crippen LogP contribution in [0.2, 0.25) is 0 Å². The molecule has 0 saturated carbocycles. The van der Waals surface area contributed by atoms with Crippen molar-refractivity contribution in [3.63, 3.8) is 0 Å². The Morgan fingerprint density at radius 1 is 1.46 bits per heavy atom. The number of benzene rings is 1. The number of halogens is 2. The van der Waals surface area contributed by atoms with Gasteiger partial charge in [-0.2, -0.15) is 4.98 Å². The average molecular weight is 421 g/mol. The van der Waals surface area contributed by atoms with Crippen LogP contribution < -0.4 is 4.31 Å². The van der Waals surface area contributed by atoms with E-state index in [0.29, 0.717) is 4.31 Å². The van der Waals surface area contributed by atoms with E-state index in [9.17, 15) is 17.6 Å². The molecule has 0 aliphatic heterocycles. The fourth-order valence-electron chi connectivity index (χ4n) is 1.87. The number of nitrogens with zero attached hydrogens (tertiary/aromatic N) is 2. The number of aryl methyl sites for hydroxylation is 1. The number of esters is 1. The van der Waals surface area contributed by atoms with Gasteiger partial charge in [-0.1, -0.05) is 6.07 Å². The summed E-state index contributed by atoms with van der Waals surface area (Å²) in [5, 5.41) is 0. The summed E-state index contributed by atoms with van der Waals surface area (Å²) in [5.41, 5.74) is 0.165. The van der Waals surface area contributed by atoms with Gasteiger partial charge >= 0.3 is 12.0 Å². The molecule has 0 unspecified atom stereocenters. The minimum absolute atomic E-state index is 0.0586. The van der Waals surface area contributed by atoms with Crippen molar-refractivity contribution in [2.24, 2.45) is 0 Å². The molecular weight excluding hydrogens is 407 g/mol. The van der Waals surface area contributed by atoms with Crippen molar-refractivity contribution in [1.29, 1.82) is 0 Å². The maximum atomic E-state index is 14.0. The van der Waals surface area contributed by atoms with Gasteiger partial charge in [-0.3, -0.25) is 0 Å². The molecule has 130 valence electrons. The topological polar surface area (TPSA) is 89.7 Å². The standard InChI is InChI=1S/C14H14BrFN2O5S/c1-4-22-13(19)11-8(2)17-14(23-11)18(3)24(20,21)12-9(15)6-5-7-10(12)16/h5-7H,4H2,1-3H3. The van der Waals surface area contributed by atoms with Crippen molar-refractivity contribution >= 4 is 37.9 Å². The predicted octanol–water partition coefficient (Wildman–Crippen LogP) is 2.89. The first kappa shape index (κ1) is 18.4. The number of ether oxygens (including phenoxy) is 1. The molecular formula is C14H14BrFN2O5S. The number of hydrogen-bond acceptors (Lipinski definition) is 6. The summed E-state index contributed by atoms with van der Waals surface area (Å²) in [6.07, 6.45) is 0. The molecule has 1 heterocycles. The van der Waals surface area contributed by atoms with Crippen molar-refractivity contribution in [3.8, 4) is 0 Å². The van der Waals surface area contributed by atoms with Crippen LogP contribution in [0.4, 0.5) is 10.4 Å². The molecule has 0 atom stereocenters. The van der Waals surface area contributed by atoms with E-state index in [1.54, 1.807) is 6.92 Å². The third-order valence-electron chi connectivity index (χ3n) is 3.05. The van der Waals surface area contributed by atoms with Crippen LogP contribution in [-0.2, 0) is 14.8 Å². The van der Waals surface area contributed by atoms with Gasteiger partial charge in [0.05, 0.1) is 12.3 Å². The lowest BCUT2D eigenvalue weighted by Gasteiger charge is -2.16. The van der Waals surface area contributed by atoms with Crippen LogP contribution in [0.15, 0.2) is 32.0 Å². The van der Waals surface area contributed by atoms with E-state index in [2.05, 4.69) is 20.9 Å². The molecule has 0 aliphatic rings. The molecule has 0 amide bonds. The van der Waals surface area contributed by atoms with Gasteiger partial charge in [0.2, 0.25) is 5.76 Å². The summed E-state index contributed by atoms with van der Waals surface area (Å²) in [4.78, 5) is 15.1. The minimum Gasteiger partial charge on any atom is -0.460 e. The first-order valence-electron chi connectivity index (χ1n) is 6.77. The lowest BCUT2D eigenvalue weighted by atomic mass is 10.3. The Morgan fingerprint density at radius 2 is 2.12 bits per heavy atom. The van der Waals surface area contributed by atoms with Crippen LogP contribution in [0.3, 0.4) is 0 Å². The summed E-state index contributed by atoms with van der Waals surface area (Å²) in [6.45, 7) is 3.22. The molecule has 0 spiro atoms. The van der Waals surface area contributed by atoms with E-state index >= 15 is 0 Å². The van der Waals surface area contributed by atoms with Gasteiger partial charge in [0, 0.05) is 11.5 Å². The smallest absolute Gasteiger partial charge is 0.376 e. The highest BCUT2D eigenvalue weighted by Crippen LogP contribution is 2.30. The fourth-order valence-corrected chi connectivity index (χ4v) is 4.01. The molecule has 24 heavy (non-hydrogen) atoms. The number of oxazole rings is 1. The zero-order chi connectivity index (χ0) is 18.1.